The minimum atomic E-state index is -3.78. The number of primary sulfonamides is 1. The zero-order chi connectivity index (χ0) is 14.2. The third-order valence-electron chi connectivity index (χ3n) is 2.81. The van der Waals surface area contributed by atoms with Gasteiger partial charge in [-0.05, 0) is 26.0 Å². The molecule has 0 amide bonds. The van der Waals surface area contributed by atoms with Crippen LogP contribution in [0.5, 0.6) is 5.75 Å². The number of nitrogens with two attached hydrogens (primary N) is 1. The van der Waals surface area contributed by atoms with Crippen molar-refractivity contribution in [1.29, 1.82) is 0 Å². The standard InChI is InChI=1S/C12H15N3O3S/c1-8-12(19(13,16)17)9(2)15(14-8)10-5-4-6-11(7-10)18-3/h4-7H,1-3H3,(H2,13,16,17). The van der Waals surface area contributed by atoms with Crippen molar-refractivity contribution in [3.63, 3.8) is 0 Å². The van der Waals surface area contributed by atoms with Crippen LogP contribution in [-0.2, 0) is 10.0 Å². The van der Waals surface area contributed by atoms with Crippen molar-refractivity contribution >= 4 is 10.0 Å². The Bertz CT molecular complexity index is 720. The second-order valence-corrected chi connectivity index (χ2v) is 5.66. The smallest absolute Gasteiger partial charge is 0.241 e. The van der Waals surface area contributed by atoms with Crippen LogP contribution in [0, 0.1) is 13.8 Å². The van der Waals surface area contributed by atoms with Crippen LogP contribution >= 0.6 is 0 Å². The highest BCUT2D eigenvalue weighted by Gasteiger charge is 2.21. The van der Waals surface area contributed by atoms with E-state index in [-0.39, 0.29) is 4.90 Å². The Morgan fingerprint density at radius 3 is 2.53 bits per heavy atom. The monoisotopic (exact) mass is 281 g/mol. The number of aromatic nitrogens is 2. The highest BCUT2D eigenvalue weighted by Crippen LogP contribution is 2.23. The first-order valence-corrected chi connectivity index (χ1v) is 7.12. The first-order valence-electron chi connectivity index (χ1n) is 5.58. The molecule has 7 heteroatoms. The number of methoxy groups -OCH3 is 1. The molecule has 0 radical (unpaired) electrons. The predicted octanol–water partition coefficient (Wildman–Crippen LogP) is 1.15. The van der Waals surface area contributed by atoms with E-state index in [4.69, 9.17) is 9.88 Å². The van der Waals surface area contributed by atoms with Crippen LogP contribution in [-0.4, -0.2) is 25.3 Å². The lowest BCUT2D eigenvalue weighted by molar-refractivity contribution is 0.414. The van der Waals surface area contributed by atoms with Crippen LogP contribution in [0.15, 0.2) is 29.2 Å². The van der Waals surface area contributed by atoms with Gasteiger partial charge < -0.3 is 4.74 Å². The van der Waals surface area contributed by atoms with Gasteiger partial charge in [0.15, 0.2) is 0 Å². The van der Waals surface area contributed by atoms with Gasteiger partial charge in [0.2, 0.25) is 10.0 Å². The molecule has 0 fully saturated rings. The summed E-state index contributed by atoms with van der Waals surface area (Å²) in [6.45, 7) is 3.28. The molecule has 0 atom stereocenters. The fourth-order valence-electron chi connectivity index (χ4n) is 2.03. The van der Waals surface area contributed by atoms with Crippen LogP contribution in [0.3, 0.4) is 0 Å². The second-order valence-electron chi connectivity index (χ2n) is 4.16. The highest BCUT2D eigenvalue weighted by molar-refractivity contribution is 7.89. The lowest BCUT2D eigenvalue weighted by atomic mass is 10.3. The van der Waals surface area contributed by atoms with Crippen molar-refractivity contribution < 1.29 is 13.2 Å². The van der Waals surface area contributed by atoms with E-state index in [2.05, 4.69) is 5.10 Å². The van der Waals surface area contributed by atoms with E-state index in [0.717, 1.165) is 5.69 Å². The van der Waals surface area contributed by atoms with E-state index < -0.39 is 10.0 Å². The number of aryl methyl sites for hydroxylation is 1. The summed E-state index contributed by atoms with van der Waals surface area (Å²) in [6.07, 6.45) is 0. The van der Waals surface area contributed by atoms with Crippen molar-refractivity contribution in [2.45, 2.75) is 18.7 Å². The number of ether oxygens (including phenoxy) is 1. The minimum absolute atomic E-state index is 0.0651. The molecule has 0 unspecified atom stereocenters. The molecular formula is C12H15N3O3S. The van der Waals surface area contributed by atoms with Gasteiger partial charge in [-0.3, -0.25) is 0 Å². The molecule has 0 aliphatic carbocycles. The molecule has 2 rings (SSSR count). The van der Waals surface area contributed by atoms with E-state index in [0.29, 0.717) is 17.1 Å². The number of hydrogen-bond donors (Lipinski definition) is 1. The number of nitrogens with zero attached hydrogens (tertiary/aromatic N) is 2. The average molecular weight is 281 g/mol. The summed E-state index contributed by atoms with van der Waals surface area (Å²) >= 11 is 0. The number of hydrogen-bond acceptors (Lipinski definition) is 4. The zero-order valence-electron chi connectivity index (χ0n) is 10.9. The lowest BCUT2D eigenvalue weighted by Crippen LogP contribution is -2.14. The number of benzene rings is 1. The van der Waals surface area contributed by atoms with E-state index in [1.807, 2.05) is 6.07 Å². The van der Waals surface area contributed by atoms with Gasteiger partial charge in [-0.2, -0.15) is 5.10 Å². The third kappa shape index (κ3) is 2.47. The summed E-state index contributed by atoms with van der Waals surface area (Å²) in [5.41, 5.74) is 1.57. The maximum absolute atomic E-state index is 11.5. The van der Waals surface area contributed by atoms with Crippen LogP contribution in [0.2, 0.25) is 0 Å². The predicted molar refractivity (Wildman–Crippen MR) is 71.0 cm³/mol. The van der Waals surface area contributed by atoms with E-state index in [1.165, 1.54) is 4.68 Å². The molecule has 0 saturated heterocycles. The largest absolute Gasteiger partial charge is 0.497 e. The maximum atomic E-state index is 11.5. The summed E-state index contributed by atoms with van der Waals surface area (Å²) < 4.78 is 29.8. The molecule has 1 aromatic heterocycles. The zero-order valence-corrected chi connectivity index (χ0v) is 11.7. The fraction of sp³-hybridized carbons (Fsp3) is 0.250. The molecule has 2 N–H and O–H groups in total. The molecule has 0 aliphatic rings. The average Bonchev–Trinajstić information content (AvgIpc) is 2.64. The van der Waals surface area contributed by atoms with Crippen molar-refractivity contribution in [2.75, 3.05) is 7.11 Å². The second kappa shape index (κ2) is 4.67. The highest BCUT2D eigenvalue weighted by atomic mass is 32.2. The molecule has 2 aromatic rings. The van der Waals surface area contributed by atoms with Gasteiger partial charge in [-0.25, -0.2) is 18.2 Å². The van der Waals surface area contributed by atoms with Crippen molar-refractivity contribution in [1.82, 2.24) is 9.78 Å². The van der Waals surface area contributed by atoms with Crippen molar-refractivity contribution in [3.05, 3.63) is 35.7 Å². The molecule has 1 heterocycles. The lowest BCUT2D eigenvalue weighted by Gasteiger charge is -2.06. The Labute approximate surface area is 111 Å². The SMILES string of the molecule is COc1cccc(-n2nc(C)c(S(N)(=O)=O)c2C)c1. The first-order chi connectivity index (χ1) is 8.84. The molecule has 0 spiro atoms. The summed E-state index contributed by atoms with van der Waals surface area (Å²) in [5, 5.41) is 9.42. The molecule has 0 saturated carbocycles. The van der Waals surface area contributed by atoms with E-state index in [9.17, 15) is 8.42 Å². The molecule has 0 aliphatic heterocycles. The van der Waals surface area contributed by atoms with Gasteiger partial charge in [-0.15, -0.1) is 0 Å². The first kappa shape index (κ1) is 13.6. The topological polar surface area (TPSA) is 87.2 Å². The van der Waals surface area contributed by atoms with Crippen LogP contribution < -0.4 is 9.88 Å². The normalized spacial score (nSPS) is 11.6. The fourth-order valence-corrected chi connectivity index (χ4v) is 2.98. The molecular weight excluding hydrogens is 266 g/mol. The quantitative estimate of drug-likeness (QED) is 0.914. The van der Waals surface area contributed by atoms with Gasteiger partial charge in [0.05, 0.1) is 24.2 Å². The van der Waals surface area contributed by atoms with Crippen molar-refractivity contribution in [2.24, 2.45) is 5.14 Å². The van der Waals surface area contributed by atoms with E-state index in [1.54, 1.807) is 39.2 Å². The van der Waals surface area contributed by atoms with Gasteiger partial charge in [0.25, 0.3) is 0 Å². The third-order valence-corrected chi connectivity index (χ3v) is 3.97. The minimum Gasteiger partial charge on any atom is -0.497 e. The van der Waals surface area contributed by atoms with E-state index >= 15 is 0 Å². The van der Waals surface area contributed by atoms with Gasteiger partial charge in [0.1, 0.15) is 10.6 Å². The van der Waals surface area contributed by atoms with Gasteiger partial charge >= 0.3 is 0 Å². The van der Waals surface area contributed by atoms with Crippen molar-refractivity contribution in [3.8, 4) is 11.4 Å². The Balaban J connectivity index is 2.64. The summed E-state index contributed by atoms with van der Waals surface area (Å²) in [7, 11) is -2.22. The van der Waals surface area contributed by atoms with Gasteiger partial charge in [-0.1, -0.05) is 6.07 Å². The number of rotatable bonds is 3. The van der Waals surface area contributed by atoms with Crippen LogP contribution in [0.4, 0.5) is 0 Å². The van der Waals surface area contributed by atoms with Gasteiger partial charge in [0, 0.05) is 6.07 Å². The molecule has 1 aromatic carbocycles. The number of sulfonamides is 1. The van der Waals surface area contributed by atoms with Crippen LogP contribution in [0.25, 0.3) is 5.69 Å². The Morgan fingerprint density at radius 1 is 1.32 bits per heavy atom. The molecule has 19 heavy (non-hydrogen) atoms. The van der Waals surface area contributed by atoms with Crippen LogP contribution in [0.1, 0.15) is 11.4 Å². The molecule has 6 nitrogen and oxygen atoms in total. The Kier molecular flexibility index (Phi) is 3.34. The molecule has 0 bridgehead atoms. The molecule has 102 valence electrons. The summed E-state index contributed by atoms with van der Waals surface area (Å²) in [5.74, 6) is 0.669. The Morgan fingerprint density at radius 2 is 2.00 bits per heavy atom. The maximum Gasteiger partial charge on any atom is 0.241 e. The summed E-state index contributed by atoms with van der Waals surface area (Å²) in [6, 6.07) is 7.19. The Hall–Kier alpha value is -1.86. The summed E-state index contributed by atoms with van der Waals surface area (Å²) in [4.78, 5) is 0.0651.